The summed E-state index contributed by atoms with van der Waals surface area (Å²) in [5.74, 6) is -0.756. The van der Waals surface area contributed by atoms with Crippen molar-refractivity contribution in [2.45, 2.75) is 45.1 Å². The van der Waals surface area contributed by atoms with Crippen LogP contribution in [0.4, 0.5) is 4.39 Å². The number of methoxy groups -OCH3 is 1. The number of carbonyl (C=O) groups is 1. The molecule has 1 atom stereocenters. The minimum atomic E-state index is -0.575. The van der Waals surface area contributed by atoms with Crippen LogP contribution in [0.3, 0.4) is 0 Å². The Hall–Kier alpha value is -1.99. The van der Waals surface area contributed by atoms with Crippen molar-refractivity contribution in [3.05, 3.63) is 40.1 Å². The van der Waals surface area contributed by atoms with Gasteiger partial charge in [-0.15, -0.1) is 11.3 Å². The number of hydrogen-bond acceptors (Lipinski definition) is 6. The van der Waals surface area contributed by atoms with Crippen LogP contribution >= 0.6 is 11.3 Å². The molecule has 2 rings (SSSR count). The standard InChI is InChI=1S/C18H22FNO4S/c1-12(21)4-3-5-17-20-13(11-25-17)6-9-18(22)24-14-7-8-16(23-2)15(19)10-14/h7-8,10-12,21H,3-6,9H2,1-2H3. The average Bonchev–Trinajstić information content (AvgIpc) is 3.01. The molecule has 0 bridgehead atoms. The third-order valence-corrected chi connectivity index (χ3v) is 4.51. The molecule has 0 aliphatic carbocycles. The number of halogens is 1. The minimum absolute atomic E-state index is 0.102. The molecule has 0 aliphatic rings. The number of hydrogen-bond donors (Lipinski definition) is 1. The minimum Gasteiger partial charge on any atom is -0.494 e. The van der Waals surface area contributed by atoms with Gasteiger partial charge in [0.15, 0.2) is 11.6 Å². The van der Waals surface area contributed by atoms with E-state index in [-0.39, 0.29) is 24.0 Å². The van der Waals surface area contributed by atoms with Gasteiger partial charge >= 0.3 is 5.97 Å². The van der Waals surface area contributed by atoms with Crippen molar-refractivity contribution in [3.8, 4) is 11.5 Å². The van der Waals surface area contributed by atoms with E-state index in [9.17, 15) is 14.3 Å². The van der Waals surface area contributed by atoms with Crippen molar-refractivity contribution in [2.75, 3.05) is 7.11 Å². The Morgan fingerprint density at radius 1 is 1.40 bits per heavy atom. The summed E-state index contributed by atoms with van der Waals surface area (Å²) in [6.07, 6.45) is 2.81. The number of aliphatic hydroxyl groups excluding tert-OH is 1. The van der Waals surface area contributed by atoms with Crippen LogP contribution in [-0.4, -0.2) is 29.3 Å². The van der Waals surface area contributed by atoms with Crippen LogP contribution in [0.25, 0.3) is 0 Å². The average molecular weight is 367 g/mol. The maximum absolute atomic E-state index is 13.6. The van der Waals surface area contributed by atoms with Crippen molar-refractivity contribution in [1.82, 2.24) is 4.98 Å². The molecule has 0 aliphatic heterocycles. The number of esters is 1. The Labute approximate surface area is 150 Å². The molecule has 0 spiro atoms. The Bertz CT molecular complexity index is 702. The molecule has 1 aromatic heterocycles. The van der Waals surface area contributed by atoms with Gasteiger partial charge in [0.1, 0.15) is 5.75 Å². The second-order valence-electron chi connectivity index (χ2n) is 5.74. The van der Waals surface area contributed by atoms with Crippen molar-refractivity contribution in [1.29, 1.82) is 0 Å². The lowest BCUT2D eigenvalue weighted by atomic mass is 10.2. The molecular formula is C18H22FNO4S. The zero-order chi connectivity index (χ0) is 18.2. The van der Waals surface area contributed by atoms with E-state index in [0.717, 1.165) is 36.0 Å². The Morgan fingerprint density at radius 2 is 2.20 bits per heavy atom. The van der Waals surface area contributed by atoms with Gasteiger partial charge in [-0.05, 0) is 38.3 Å². The zero-order valence-corrected chi connectivity index (χ0v) is 15.1. The molecule has 1 aromatic carbocycles. The molecule has 136 valence electrons. The number of aromatic nitrogens is 1. The largest absolute Gasteiger partial charge is 0.494 e. The highest BCUT2D eigenvalue weighted by atomic mass is 32.1. The molecule has 0 amide bonds. The number of nitrogens with zero attached hydrogens (tertiary/aromatic N) is 1. The van der Waals surface area contributed by atoms with Gasteiger partial charge in [-0.1, -0.05) is 0 Å². The third-order valence-electron chi connectivity index (χ3n) is 3.55. The molecule has 2 aromatic rings. The molecule has 1 unspecified atom stereocenters. The van der Waals surface area contributed by atoms with E-state index < -0.39 is 11.8 Å². The molecule has 0 saturated heterocycles. The van der Waals surface area contributed by atoms with Crippen LogP contribution in [0.5, 0.6) is 11.5 Å². The molecule has 1 N–H and O–H groups in total. The number of ether oxygens (including phenoxy) is 2. The monoisotopic (exact) mass is 367 g/mol. The Kier molecular flexibility index (Phi) is 7.33. The first-order valence-electron chi connectivity index (χ1n) is 8.13. The van der Waals surface area contributed by atoms with E-state index in [1.807, 2.05) is 5.38 Å². The van der Waals surface area contributed by atoms with Gasteiger partial charge in [0.25, 0.3) is 0 Å². The zero-order valence-electron chi connectivity index (χ0n) is 14.3. The fourth-order valence-electron chi connectivity index (χ4n) is 2.25. The summed E-state index contributed by atoms with van der Waals surface area (Å²) in [6, 6.07) is 4.03. The highest BCUT2D eigenvalue weighted by Gasteiger charge is 2.10. The molecule has 0 saturated carbocycles. The van der Waals surface area contributed by atoms with Crippen molar-refractivity contribution >= 4 is 17.3 Å². The summed E-state index contributed by atoms with van der Waals surface area (Å²) in [4.78, 5) is 16.4. The summed E-state index contributed by atoms with van der Waals surface area (Å²) in [7, 11) is 1.37. The SMILES string of the molecule is COc1ccc(OC(=O)CCc2csc(CCCC(C)O)n2)cc1F. The fourth-order valence-corrected chi connectivity index (χ4v) is 3.13. The van der Waals surface area contributed by atoms with Gasteiger partial charge in [-0.2, -0.15) is 0 Å². The van der Waals surface area contributed by atoms with Gasteiger partial charge in [0.2, 0.25) is 0 Å². The number of aliphatic hydroxyl groups is 1. The van der Waals surface area contributed by atoms with Crippen LogP contribution < -0.4 is 9.47 Å². The van der Waals surface area contributed by atoms with Gasteiger partial charge in [-0.3, -0.25) is 4.79 Å². The van der Waals surface area contributed by atoms with Crippen LogP contribution in [0.1, 0.15) is 36.9 Å². The Morgan fingerprint density at radius 3 is 2.88 bits per heavy atom. The highest BCUT2D eigenvalue weighted by molar-refractivity contribution is 7.09. The van der Waals surface area contributed by atoms with Gasteiger partial charge in [-0.25, -0.2) is 9.37 Å². The predicted molar refractivity (Wildman–Crippen MR) is 93.6 cm³/mol. The van der Waals surface area contributed by atoms with Crippen LogP contribution in [-0.2, 0) is 17.6 Å². The molecule has 1 heterocycles. The smallest absolute Gasteiger partial charge is 0.311 e. The molecule has 5 nitrogen and oxygen atoms in total. The first-order chi connectivity index (χ1) is 12.0. The predicted octanol–water partition coefficient (Wildman–Crippen LogP) is 3.53. The lowest BCUT2D eigenvalue weighted by Crippen LogP contribution is -2.09. The first kappa shape index (κ1) is 19.3. The number of aryl methyl sites for hydroxylation is 2. The van der Waals surface area contributed by atoms with E-state index >= 15 is 0 Å². The van der Waals surface area contributed by atoms with Gasteiger partial charge in [0, 0.05) is 17.9 Å². The molecule has 0 radical (unpaired) electrons. The fraction of sp³-hybridized carbons (Fsp3) is 0.444. The maximum Gasteiger partial charge on any atom is 0.311 e. The highest BCUT2D eigenvalue weighted by Crippen LogP contribution is 2.22. The van der Waals surface area contributed by atoms with Crippen molar-refractivity contribution in [3.63, 3.8) is 0 Å². The molecule has 7 heteroatoms. The summed E-state index contributed by atoms with van der Waals surface area (Å²) < 4.78 is 23.5. The second kappa shape index (κ2) is 9.48. The van der Waals surface area contributed by atoms with Crippen LogP contribution in [0.15, 0.2) is 23.6 Å². The molecular weight excluding hydrogens is 345 g/mol. The van der Waals surface area contributed by atoms with E-state index in [1.165, 1.54) is 19.2 Å². The number of rotatable bonds is 9. The second-order valence-corrected chi connectivity index (χ2v) is 6.69. The van der Waals surface area contributed by atoms with Crippen LogP contribution in [0, 0.1) is 5.82 Å². The van der Waals surface area contributed by atoms with Gasteiger partial charge < -0.3 is 14.6 Å². The summed E-state index contributed by atoms with van der Waals surface area (Å²) >= 11 is 1.55. The van der Waals surface area contributed by atoms with Crippen molar-refractivity contribution in [2.24, 2.45) is 0 Å². The maximum atomic E-state index is 13.6. The third kappa shape index (κ3) is 6.43. The normalized spacial score (nSPS) is 12.0. The number of carbonyl (C=O) groups excluding carboxylic acids is 1. The van der Waals surface area contributed by atoms with Gasteiger partial charge in [0.05, 0.1) is 30.3 Å². The first-order valence-corrected chi connectivity index (χ1v) is 9.01. The summed E-state index contributed by atoms with van der Waals surface area (Å²) in [5.41, 5.74) is 0.843. The number of thiazole rings is 1. The Balaban J connectivity index is 1.78. The van der Waals surface area contributed by atoms with E-state index in [1.54, 1.807) is 18.3 Å². The van der Waals surface area contributed by atoms with Crippen molar-refractivity contribution < 1.29 is 23.8 Å². The summed E-state index contributed by atoms with van der Waals surface area (Å²) in [5, 5.41) is 12.2. The topological polar surface area (TPSA) is 68.7 Å². The quantitative estimate of drug-likeness (QED) is 0.542. The van der Waals surface area contributed by atoms with E-state index in [4.69, 9.17) is 9.47 Å². The van der Waals surface area contributed by atoms with Crippen LogP contribution in [0.2, 0.25) is 0 Å². The lowest BCUT2D eigenvalue weighted by molar-refractivity contribution is -0.134. The van der Waals surface area contributed by atoms with E-state index in [2.05, 4.69) is 4.98 Å². The van der Waals surface area contributed by atoms with E-state index in [0.29, 0.717) is 6.42 Å². The molecule has 25 heavy (non-hydrogen) atoms. The summed E-state index contributed by atoms with van der Waals surface area (Å²) in [6.45, 7) is 1.77. The number of benzene rings is 1. The lowest BCUT2D eigenvalue weighted by Gasteiger charge is -2.06. The molecule has 0 fully saturated rings.